The Morgan fingerprint density at radius 2 is 1.75 bits per heavy atom. The number of hydrogen-bond donors (Lipinski definition) is 0. The number of benzene rings is 1. The van der Waals surface area contributed by atoms with Gasteiger partial charge >= 0.3 is 5.97 Å². The molecule has 0 amide bonds. The Balaban J connectivity index is 2.86. The van der Waals surface area contributed by atoms with Gasteiger partial charge in [-0.25, -0.2) is 4.79 Å². The van der Waals surface area contributed by atoms with Gasteiger partial charge in [0, 0.05) is 5.39 Å². The molecule has 0 bridgehead atoms. The summed E-state index contributed by atoms with van der Waals surface area (Å²) >= 11 is 0. The van der Waals surface area contributed by atoms with E-state index in [1.165, 1.54) is 13.2 Å². The standard InChI is InChI=1S/C13H10O3/c1-16-13(15)11-8-4-6-9-5-2-3-7-10(9)12(11)14/h2-8H,1H3. The van der Waals surface area contributed by atoms with Gasteiger partial charge < -0.3 is 4.74 Å². The smallest absolute Gasteiger partial charge is 0.341 e. The summed E-state index contributed by atoms with van der Waals surface area (Å²) < 4.78 is 4.57. The summed E-state index contributed by atoms with van der Waals surface area (Å²) in [6, 6.07) is 12.1. The zero-order valence-electron chi connectivity index (χ0n) is 8.77. The number of carbonyl (C=O) groups excluding carboxylic acids is 1. The van der Waals surface area contributed by atoms with Crippen molar-refractivity contribution >= 4 is 16.7 Å². The first-order valence-corrected chi connectivity index (χ1v) is 4.84. The fourth-order valence-corrected chi connectivity index (χ4v) is 1.59. The zero-order chi connectivity index (χ0) is 11.5. The molecule has 0 N–H and O–H groups in total. The van der Waals surface area contributed by atoms with E-state index in [0.717, 1.165) is 5.39 Å². The highest BCUT2D eigenvalue weighted by molar-refractivity contribution is 5.93. The van der Waals surface area contributed by atoms with Crippen LogP contribution in [0.1, 0.15) is 10.4 Å². The lowest BCUT2D eigenvalue weighted by molar-refractivity contribution is 0.0599. The van der Waals surface area contributed by atoms with E-state index < -0.39 is 5.97 Å². The molecule has 0 saturated carbocycles. The SMILES string of the molecule is COC(=O)c1cccc2ccccc2c1=O. The van der Waals surface area contributed by atoms with Crippen molar-refractivity contribution in [2.75, 3.05) is 7.11 Å². The lowest BCUT2D eigenvalue weighted by Gasteiger charge is -1.94. The van der Waals surface area contributed by atoms with Crippen molar-refractivity contribution in [3.8, 4) is 0 Å². The van der Waals surface area contributed by atoms with E-state index in [9.17, 15) is 9.59 Å². The molecule has 2 aromatic rings. The summed E-state index contributed by atoms with van der Waals surface area (Å²) in [7, 11) is 1.26. The molecular formula is C13H10O3. The fourth-order valence-electron chi connectivity index (χ4n) is 1.59. The number of methoxy groups -OCH3 is 1. The maximum absolute atomic E-state index is 12.0. The van der Waals surface area contributed by atoms with Gasteiger partial charge in [-0.1, -0.05) is 36.4 Å². The second-order valence-electron chi connectivity index (χ2n) is 3.35. The Hall–Kier alpha value is -2.16. The van der Waals surface area contributed by atoms with Gasteiger partial charge in [0.1, 0.15) is 5.56 Å². The van der Waals surface area contributed by atoms with Gasteiger partial charge in [0.15, 0.2) is 0 Å². The first-order valence-electron chi connectivity index (χ1n) is 4.84. The van der Waals surface area contributed by atoms with Gasteiger partial charge in [-0.3, -0.25) is 4.79 Å². The van der Waals surface area contributed by atoms with Crippen LogP contribution in [0.2, 0.25) is 0 Å². The first-order chi connectivity index (χ1) is 7.74. The van der Waals surface area contributed by atoms with Gasteiger partial charge in [0.25, 0.3) is 0 Å². The average Bonchev–Trinajstić information content (AvgIpc) is 2.49. The van der Waals surface area contributed by atoms with Crippen molar-refractivity contribution in [2.45, 2.75) is 0 Å². The molecule has 0 aliphatic rings. The zero-order valence-corrected chi connectivity index (χ0v) is 8.77. The second kappa shape index (κ2) is 4.14. The third kappa shape index (κ3) is 1.67. The Kier molecular flexibility index (Phi) is 2.68. The van der Waals surface area contributed by atoms with Crippen LogP contribution in [0, 0.1) is 0 Å². The summed E-state index contributed by atoms with van der Waals surface area (Å²) in [6.45, 7) is 0. The lowest BCUT2D eigenvalue weighted by Crippen LogP contribution is -2.13. The summed E-state index contributed by atoms with van der Waals surface area (Å²) in [5, 5.41) is 1.33. The fraction of sp³-hybridized carbons (Fsp3) is 0.0769. The number of ether oxygens (including phenoxy) is 1. The van der Waals surface area contributed by atoms with Crippen molar-refractivity contribution in [1.82, 2.24) is 0 Å². The van der Waals surface area contributed by atoms with Crippen molar-refractivity contribution < 1.29 is 9.53 Å². The highest BCUT2D eigenvalue weighted by Gasteiger charge is 2.10. The quantitative estimate of drug-likeness (QED) is 0.682. The molecule has 0 aliphatic carbocycles. The maximum atomic E-state index is 12.0. The highest BCUT2D eigenvalue weighted by atomic mass is 16.5. The lowest BCUT2D eigenvalue weighted by atomic mass is 10.1. The van der Waals surface area contributed by atoms with E-state index in [1.807, 2.05) is 12.1 Å². The Morgan fingerprint density at radius 3 is 2.50 bits per heavy atom. The minimum absolute atomic E-state index is 0.0590. The minimum Gasteiger partial charge on any atom is -0.465 e. The van der Waals surface area contributed by atoms with Crippen molar-refractivity contribution in [1.29, 1.82) is 0 Å². The van der Waals surface area contributed by atoms with E-state index >= 15 is 0 Å². The highest BCUT2D eigenvalue weighted by Crippen LogP contribution is 2.09. The van der Waals surface area contributed by atoms with Crippen LogP contribution in [0.5, 0.6) is 0 Å². The van der Waals surface area contributed by atoms with E-state index in [1.54, 1.807) is 24.3 Å². The van der Waals surface area contributed by atoms with Crippen LogP contribution in [-0.4, -0.2) is 13.1 Å². The van der Waals surface area contributed by atoms with Gasteiger partial charge in [0.05, 0.1) is 7.11 Å². The van der Waals surface area contributed by atoms with E-state index in [0.29, 0.717) is 5.39 Å². The predicted octanol–water partition coefficient (Wildman–Crippen LogP) is 1.99. The molecule has 0 spiro atoms. The first kappa shape index (κ1) is 10.4. The average molecular weight is 214 g/mol. The predicted molar refractivity (Wildman–Crippen MR) is 61.6 cm³/mol. The molecule has 0 radical (unpaired) electrons. The van der Waals surface area contributed by atoms with Gasteiger partial charge in [-0.05, 0) is 11.5 Å². The molecule has 0 saturated heterocycles. The number of carbonyl (C=O) groups is 1. The summed E-state index contributed by atoms with van der Waals surface area (Å²) in [5.41, 5.74) is -0.240. The Labute approximate surface area is 92.3 Å². The van der Waals surface area contributed by atoms with Crippen LogP contribution < -0.4 is 5.43 Å². The monoisotopic (exact) mass is 214 g/mol. The number of fused-ring (bicyclic) bond motifs is 1. The van der Waals surface area contributed by atoms with Crippen LogP contribution in [0.15, 0.2) is 47.3 Å². The third-order valence-electron chi connectivity index (χ3n) is 2.39. The van der Waals surface area contributed by atoms with Crippen LogP contribution in [0.25, 0.3) is 10.8 Å². The molecule has 3 heteroatoms. The molecule has 0 atom stereocenters. The maximum Gasteiger partial charge on any atom is 0.341 e. The molecule has 0 aliphatic heterocycles. The molecule has 2 aromatic carbocycles. The largest absolute Gasteiger partial charge is 0.465 e. The minimum atomic E-state index is -0.605. The summed E-state index contributed by atoms with van der Waals surface area (Å²) in [4.78, 5) is 23.4. The van der Waals surface area contributed by atoms with Crippen molar-refractivity contribution in [3.63, 3.8) is 0 Å². The Bertz CT molecular complexity index is 602. The van der Waals surface area contributed by atoms with Crippen molar-refractivity contribution in [3.05, 3.63) is 58.3 Å². The molecule has 0 aromatic heterocycles. The molecule has 0 fully saturated rings. The van der Waals surface area contributed by atoms with Gasteiger partial charge in [0.2, 0.25) is 5.43 Å². The van der Waals surface area contributed by atoms with Crippen LogP contribution in [0.4, 0.5) is 0 Å². The van der Waals surface area contributed by atoms with Crippen LogP contribution >= 0.6 is 0 Å². The van der Waals surface area contributed by atoms with Crippen LogP contribution in [0.3, 0.4) is 0 Å². The number of hydrogen-bond acceptors (Lipinski definition) is 3. The molecular weight excluding hydrogens is 204 g/mol. The van der Waals surface area contributed by atoms with E-state index in [4.69, 9.17) is 0 Å². The molecule has 0 unspecified atom stereocenters. The number of rotatable bonds is 1. The normalized spacial score (nSPS) is 10.1. The molecule has 80 valence electrons. The molecule has 0 heterocycles. The summed E-state index contributed by atoms with van der Waals surface area (Å²) in [6.07, 6.45) is 0. The van der Waals surface area contributed by atoms with E-state index in [-0.39, 0.29) is 11.0 Å². The molecule has 16 heavy (non-hydrogen) atoms. The van der Waals surface area contributed by atoms with Gasteiger partial charge in [-0.2, -0.15) is 0 Å². The van der Waals surface area contributed by atoms with Gasteiger partial charge in [-0.15, -0.1) is 0 Å². The van der Waals surface area contributed by atoms with E-state index in [2.05, 4.69) is 4.74 Å². The molecule has 3 nitrogen and oxygen atoms in total. The second-order valence-corrected chi connectivity index (χ2v) is 3.35. The third-order valence-corrected chi connectivity index (χ3v) is 2.39. The summed E-state index contributed by atoms with van der Waals surface area (Å²) in [5.74, 6) is -0.605. The van der Waals surface area contributed by atoms with Crippen molar-refractivity contribution in [2.24, 2.45) is 0 Å². The Morgan fingerprint density at radius 1 is 1.06 bits per heavy atom. The van der Waals surface area contributed by atoms with Crippen LogP contribution in [-0.2, 0) is 4.74 Å². The molecule has 2 rings (SSSR count). The topological polar surface area (TPSA) is 43.4 Å². The number of esters is 1.